The Hall–Kier alpha value is -1.35. The molecule has 3 heteroatoms. The minimum atomic E-state index is 0.113. The van der Waals surface area contributed by atoms with Crippen molar-refractivity contribution in [1.82, 2.24) is 4.90 Å². The maximum Gasteiger partial charge on any atom is 0.253 e. The molecule has 3 nitrogen and oxygen atoms in total. The molecular weight excluding hydrogens is 250 g/mol. The van der Waals surface area contributed by atoms with E-state index in [1.807, 2.05) is 13.1 Å². The Bertz CT molecular complexity index is 456. The highest BCUT2D eigenvalue weighted by Gasteiger charge is 2.15. The number of carbonyl (C=O) groups is 1. The molecule has 1 amide bonds. The summed E-state index contributed by atoms with van der Waals surface area (Å²) in [7, 11) is 1.86. The minimum absolute atomic E-state index is 0.113. The predicted octanol–water partition coefficient (Wildman–Crippen LogP) is 2.80. The maximum atomic E-state index is 12.4. The second-order valence-corrected chi connectivity index (χ2v) is 5.70. The SMILES string of the molecule is CN(CCCCCO)C(=O)c1ccc2c(c1)CCCC2. The second kappa shape index (κ2) is 7.44. The summed E-state index contributed by atoms with van der Waals surface area (Å²) in [5, 5.41) is 8.75. The van der Waals surface area contributed by atoms with Crippen LogP contribution in [0.5, 0.6) is 0 Å². The van der Waals surface area contributed by atoms with Crippen LogP contribution in [0.4, 0.5) is 0 Å². The molecule has 0 saturated carbocycles. The Kier molecular flexibility index (Phi) is 5.60. The fourth-order valence-electron chi connectivity index (χ4n) is 2.83. The molecule has 0 aliphatic heterocycles. The van der Waals surface area contributed by atoms with Crippen LogP contribution < -0.4 is 0 Å². The van der Waals surface area contributed by atoms with Gasteiger partial charge in [0.15, 0.2) is 0 Å². The summed E-state index contributed by atoms with van der Waals surface area (Å²) in [4.78, 5) is 14.2. The summed E-state index contributed by atoms with van der Waals surface area (Å²) in [6.07, 6.45) is 7.51. The molecule has 1 aliphatic carbocycles. The summed E-state index contributed by atoms with van der Waals surface area (Å²) in [5.74, 6) is 0.113. The summed E-state index contributed by atoms with van der Waals surface area (Å²) < 4.78 is 0. The normalized spacial score (nSPS) is 13.9. The van der Waals surface area contributed by atoms with Crippen molar-refractivity contribution < 1.29 is 9.90 Å². The highest BCUT2D eigenvalue weighted by atomic mass is 16.2. The molecule has 1 N–H and O–H groups in total. The number of rotatable bonds is 6. The molecule has 0 atom stereocenters. The third-order valence-electron chi connectivity index (χ3n) is 4.09. The molecule has 2 rings (SSSR count). The summed E-state index contributed by atoms with van der Waals surface area (Å²) in [6.45, 7) is 0.998. The van der Waals surface area contributed by atoms with E-state index in [0.717, 1.165) is 44.2 Å². The molecule has 0 saturated heterocycles. The van der Waals surface area contributed by atoms with Gasteiger partial charge in [-0.3, -0.25) is 4.79 Å². The van der Waals surface area contributed by atoms with E-state index in [9.17, 15) is 4.79 Å². The number of aliphatic hydroxyl groups is 1. The summed E-state index contributed by atoms with van der Waals surface area (Å²) in [6, 6.07) is 6.18. The number of carbonyl (C=O) groups excluding carboxylic acids is 1. The van der Waals surface area contributed by atoms with E-state index in [1.165, 1.54) is 24.0 Å². The van der Waals surface area contributed by atoms with Crippen LogP contribution in [-0.2, 0) is 12.8 Å². The van der Waals surface area contributed by atoms with Crippen molar-refractivity contribution in [2.45, 2.75) is 44.9 Å². The van der Waals surface area contributed by atoms with Gasteiger partial charge in [-0.1, -0.05) is 6.07 Å². The molecule has 0 heterocycles. The van der Waals surface area contributed by atoms with E-state index >= 15 is 0 Å². The Morgan fingerprint density at radius 1 is 1.15 bits per heavy atom. The molecule has 1 aliphatic rings. The molecule has 0 radical (unpaired) electrons. The molecule has 0 aromatic heterocycles. The van der Waals surface area contributed by atoms with Crippen molar-refractivity contribution in [3.05, 3.63) is 34.9 Å². The monoisotopic (exact) mass is 275 g/mol. The first-order valence-electron chi connectivity index (χ1n) is 7.70. The number of benzene rings is 1. The van der Waals surface area contributed by atoms with Gasteiger partial charge in [0, 0.05) is 25.8 Å². The van der Waals surface area contributed by atoms with Crippen molar-refractivity contribution in [2.24, 2.45) is 0 Å². The van der Waals surface area contributed by atoms with Gasteiger partial charge < -0.3 is 10.0 Å². The number of aliphatic hydroxyl groups excluding tert-OH is 1. The van der Waals surface area contributed by atoms with Crippen LogP contribution in [0.15, 0.2) is 18.2 Å². The van der Waals surface area contributed by atoms with Crippen molar-refractivity contribution in [2.75, 3.05) is 20.2 Å². The topological polar surface area (TPSA) is 40.5 Å². The molecule has 0 bridgehead atoms. The van der Waals surface area contributed by atoms with E-state index in [-0.39, 0.29) is 12.5 Å². The molecule has 0 unspecified atom stereocenters. The smallest absolute Gasteiger partial charge is 0.253 e. The number of fused-ring (bicyclic) bond motifs is 1. The average Bonchev–Trinajstić information content (AvgIpc) is 2.50. The molecular formula is C17H25NO2. The van der Waals surface area contributed by atoms with Crippen LogP contribution in [0.2, 0.25) is 0 Å². The number of unbranched alkanes of at least 4 members (excludes halogenated alkanes) is 2. The van der Waals surface area contributed by atoms with Crippen molar-refractivity contribution in [3.8, 4) is 0 Å². The van der Waals surface area contributed by atoms with E-state index in [1.54, 1.807) is 4.90 Å². The lowest BCUT2D eigenvalue weighted by Crippen LogP contribution is -2.28. The van der Waals surface area contributed by atoms with Crippen LogP contribution in [0, 0.1) is 0 Å². The van der Waals surface area contributed by atoms with Crippen LogP contribution in [0.1, 0.15) is 53.6 Å². The standard InChI is InChI=1S/C17H25NO2/c1-18(11-5-2-6-12-19)17(20)16-10-9-14-7-3-4-8-15(14)13-16/h9-10,13,19H,2-8,11-12H2,1H3. The van der Waals surface area contributed by atoms with Gasteiger partial charge in [-0.15, -0.1) is 0 Å². The number of amides is 1. The largest absolute Gasteiger partial charge is 0.396 e. The van der Waals surface area contributed by atoms with E-state index in [0.29, 0.717) is 0 Å². The minimum Gasteiger partial charge on any atom is -0.396 e. The molecule has 1 aromatic carbocycles. The van der Waals surface area contributed by atoms with E-state index in [2.05, 4.69) is 12.1 Å². The number of aryl methyl sites for hydroxylation is 2. The zero-order valence-electron chi connectivity index (χ0n) is 12.4. The molecule has 0 fully saturated rings. The van der Waals surface area contributed by atoms with Crippen LogP contribution in [0.3, 0.4) is 0 Å². The third kappa shape index (κ3) is 3.83. The highest BCUT2D eigenvalue weighted by molar-refractivity contribution is 5.94. The van der Waals surface area contributed by atoms with Crippen LogP contribution in [-0.4, -0.2) is 36.1 Å². The Balaban J connectivity index is 1.94. The first-order chi connectivity index (χ1) is 9.72. The zero-order chi connectivity index (χ0) is 14.4. The first-order valence-corrected chi connectivity index (χ1v) is 7.70. The number of hydrogen-bond donors (Lipinski definition) is 1. The van der Waals surface area contributed by atoms with Gasteiger partial charge in [0.1, 0.15) is 0 Å². The second-order valence-electron chi connectivity index (χ2n) is 5.70. The van der Waals surface area contributed by atoms with Gasteiger partial charge in [-0.05, 0) is 68.2 Å². The van der Waals surface area contributed by atoms with Crippen molar-refractivity contribution >= 4 is 5.91 Å². The van der Waals surface area contributed by atoms with Gasteiger partial charge in [-0.25, -0.2) is 0 Å². The van der Waals surface area contributed by atoms with Crippen molar-refractivity contribution in [3.63, 3.8) is 0 Å². The Labute approximate surface area is 121 Å². The zero-order valence-corrected chi connectivity index (χ0v) is 12.4. The third-order valence-corrected chi connectivity index (χ3v) is 4.09. The molecule has 20 heavy (non-hydrogen) atoms. The fraction of sp³-hybridized carbons (Fsp3) is 0.588. The Morgan fingerprint density at radius 3 is 2.65 bits per heavy atom. The number of hydrogen-bond acceptors (Lipinski definition) is 2. The fourth-order valence-corrected chi connectivity index (χ4v) is 2.83. The lowest BCUT2D eigenvalue weighted by molar-refractivity contribution is 0.0792. The lowest BCUT2D eigenvalue weighted by Gasteiger charge is -2.20. The van der Waals surface area contributed by atoms with Gasteiger partial charge >= 0.3 is 0 Å². The van der Waals surface area contributed by atoms with Gasteiger partial charge in [0.25, 0.3) is 5.91 Å². The summed E-state index contributed by atoms with van der Waals surface area (Å²) in [5.41, 5.74) is 3.59. The van der Waals surface area contributed by atoms with Gasteiger partial charge in [0.05, 0.1) is 0 Å². The quantitative estimate of drug-likeness (QED) is 0.811. The van der Waals surface area contributed by atoms with Crippen molar-refractivity contribution in [1.29, 1.82) is 0 Å². The summed E-state index contributed by atoms with van der Waals surface area (Å²) >= 11 is 0. The maximum absolute atomic E-state index is 12.4. The van der Waals surface area contributed by atoms with E-state index < -0.39 is 0 Å². The van der Waals surface area contributed by atoms with Crippen LogP contribution >= 0.6 is 0 Å². The predicted molar refractivity (Wildman–Crippen MR) is 81.0 cm³/mol. The van der Waals surface area contributed by atoms with Gasteiger partial charge in [-0.2, -0.15) is 0 Å². The lowest BCUT2D eigenvalue weighted by atomic mass is 9.90. The molecule has 0 spiro atoms. The van der Waals surface area contributed by atoms with E-state index in [4.69, 9.17) is 5.11 Å². The molecule has 110 valence electrons. The van der Waals surface area contributed by atoms with Crippen LogP contribution in [0.25, 0.3) is 0 Å². The average molecular weight is 275 g/mol. The Morgan fingerprint density at radius 2 is 1.90 bits per heavy atom. The van der Waals surface area contributed by atoms with Gasteiger partial charge in [0.2, 0.25) is 0 Å². The highest BCUT2D eigenvalue weighted by Crippen LogP contribution is 2.22. The first kappa shape index (κ1) is 15.0. The molecule has 1 aromatic rings. The number of nitrogens with zero attached hydrogens (tertiary/aromatic N) is 1.